The largest absolute Gasteiger partial charge is 0.352 e. The SMILES string of the molecule is CCS(=O)(=O)CC(C)NC(=O)Cc1c(C)noc1Cl. The summed E-state index contributed by atoms with van der Waals surface area (Å²) in [5.74, 6) is -0.331. The van der Waals surface area contributed by atoms with Crippen LogP contribution in [0.4, 0.5) is 0 Å². The van der Waals surface area contributed by atoms with E-state index < -0.39 is 15.9 Å². The van der Waals surface area contributed by atoms with E-state index in [1.54, 1.807) is 20.8 Å². The van der Waals surface area contributed by atoms with Gasteiger partial charge in [-0.05, 0) is 25.4 Å². The van der Waals surface area contributed by atoms with E-state index in [9.17, 15) is 13.2 Å². The van der Waals surface area contributed by atoms with Gasteiger partial charge in [0, 0.05) is 17.4 Å². The highest BCUT2D eigenvalue weighted by Gasteiger charge is 2.18. The molecule has 0 aliphatic carbocycles. The first kappa shape index (κ1) is 16.0. The van der Waals surface area contributed by atoms with Gasteiger partial charge >= 0.3 is 0 Å². The van der Waals surface area contributed by atoms with Crippen LogP contribution in [0.1, 0.15) is 25.1 Å². The second kappa shape index (κ2) is 6.38. The second-order valence-corrected chi connectivity index (χ2v) is 7.11. The molecule has 1 amide bonds. The topological polar surface area (TPSA) is 89.3 Å². The number of nitrogens with one attached hydrogen (secondary N) is 1. The summed E-state index contributed by atoms with van der Waals surface area (Å²) in [5.41, 5.74) is 1.07. The van der Waals surface area contributed by atoms with Gasteiger partial charge in [0.25, 0.3) is 0 Å². The van der Waals surface area contributed by atoms with Crippen molar-refractivity contribution in [3.63, 3.8) is 0 Å². The summed E-state index contributed by atoms with van der Waals surface area (Å²) in [6, 6.07) is -0.448. The Hall–Kier alpha value is -1.08. The number of rotatable bonds is 6. The average molecular weight is 309 g/mol. The Labute approximate surface area is 117 Å². The zero-order valence-electron chi connectivity index (χ0n) is 11.1. The fraction of sp³-hybridized carbons (Fsp3) is 0.636. The standard InChI is InChI=1S/C11H17ClN2O4S/c1-4-19(16,17)6-7(2)13-10(15)5-9-8(3)14-18-11(9)12/h7H,4-6H2,1-3H3,(H,13,15). The van der Waals surface area contributed by atoms with Crippen molar-refractivity contribution in [3.8, 4) is 0 Å². The lowest BCUT2D eigenvalue weighted by molar-refractivity contribution is -0.120. The summed E-state index contributed by atoms with van der Waals surface area (Å²) in [4.78, 5) is 11.8. The molecule has 0 aliphatic heterocycles. The second-order valence-electron chi connectivity index (χ2n) is 4.36. The predicted octanol–water partition coefficient (Wildman–Crippen LogP) is 1.12. The van der Waals surface area contributed by atoms with Crippen LogP contribution >= 0.6 is 11.6 Å². The van der Waals surface area contributed by atoms with E-state index in [0.29, 0.717) is 11.3 Å². The van der Waals surface area contributed by atoms with Crippen LogP contribution in [0.5, 0.6) is 0 Å². The van der Waals surface area contributed by atoms with Crippen LogP contribution < -0.4 is 5.32 Å². The number of carbonyl (C=O) groups excluding carboxylic acids is 1. The van der Waals surface area contributed by atoms with Crippen molar-refractivity contribution < 1.29 is 17.7 Å². The van der Waals surface area contributed by atoms with E-state index in [0.717, 1.165) is 0 Å². The minimum atomic E-state index is -3.11. The maximum Gasteiger partial charge on any atom is 0.229 e. The highest BCUT2D eigenvalue weighted by atomic mass is 35.5. The molecule has 0 saturated carbocycles. The summed E-state index contributed by atoms with van der Waals surface area (Å²) in [6.07, 6.45) is 0.0185. The lowest BCUT2D eigenvalue weighted by atomic mass is 10.2. The number of sulfone groups is 1. The third kappa shape index (κ3) is 4.83. The minimum absolute atomic E-state index is 0.0185. The highest BCUT2D eigenvalue weighted by molar-refractivity contribution is 7.91. The fourth-order valence-electron chi connectivity index (χ4n) is 1.59. The molecule has 1 aromatic rings. The van der Waals surface area contributed by atoms with Gasteiger partial charge in [0.05, 0.1) is 17.9 Å². The zero-order valence-corrected chi connectivity index (χ0v) is 12.6. The number of carbonyl (C=O) groups is 1. The maximum absolute atomic E-state index is 11.8. The zero-order chi connectivity index (χ0) is 14.6. The van der Waals surface area contributed by atoms with Gasteiger partial charge in [-0.3, -0.25) is 4.79 Å². The summed E-state index contributed by atoms with van der Waals surface area (Å²) in [5, 5.41) is 6.34. The Morgan fingerprint density at radius 3 is 2.63 bits per heavy atom. The van der Waals surface area contributed by atoms with Crippen molar-refractivity contribution in [3.05, 3.63) is 16.5 Å². The van der Waals surface area contributed by atoms with E-state index in [1.807, 2.05) is 0 Å². The molecule has 0 aliphatic rings. The first-order valence-electron chi connectivity index (χ1n) is 5.85. The Balaban J connectivity index is 2.57. The Morgan fingerprint density at radius 1 is 1.53 bits per heavy atom. The van der Waals surface area contributed by atoms with E-state index in [2.05, 4.69) is 10.5 Å². The van der Waals surface area contributed by atoms with Crippen LogP contribution in [0.25, 0.3) is 0 Å². The van der Waals surface area contributed by atoms with Gasteiger partial charge in [-0.1, -0.05) is 12.1 Å². The van der Waals surface area contributed by atoms with Crippen LogP contribution in [0.2, 0.25) is 5.22 Å². The lowest BCUT2D eigenvalue weighted by Crippen LogP contribution is -2.38. The number of hydrogen-bond acceptors (Lipinski definition) is 5. The Bertz CT molecular complexity index is 534. The van der Waals surface area contributed by atoms with Gasteiger partial charge in [0.1, 0.15) is 0 Å². The van der Waals surface area contributed by atoms with Crippen molar-refractivity contribution in [1.82, 2.24) is 10.5 Å². The molecule has 6 nitrogen and oxygen atoms in total. The smallest absolute Gasteiger partial charge is 0.229 e. The van der Waals surface area contributed by atoms with E-state index >= 15 is 0 Å². The Kier molecular flexibility index (Phi) is 5.37. The van der Waals surface area contributed by atoms with Crippen molar-refractivity contribution in [1.29, 1.82) is 0 Å². The van der Waals surface area contributed by atoms with Crippen LogP contribution in [0, 0.1) is 6.92 Å². The van der Waals surface area contributed by atoms with E-state index in [1.165, 1.54) is 0 Å². The van der Waals surface area contributed by atoms with Gasteiger partial charge in [0.15, 0.2) is 9.84 Å². The number of aryl methyl sites for hydroxylation is 1. The van der Waals surface area contributed by atoms with Gasteiger partial charge in [0.2, 0.25) is 11.1 Å². The predicted molar refractivity (Wildman–Crippen MR) is 71.9 cm³/mol. The number of hydrogen-bond donors (Lipinski definition) is 1. The third-order valence-electron chi connectivity index (χ3n) is 2.63. The van der Waals surface area contributed by atoms with Crippen molar-refractivity contribution in [2.75, 3.05) is 11.5 Å². The van der Waals surface area contributed by atoms with Gasteiger partial charge in [-0.2, -0.15) is 0 Å². The molecule has 1 aromatic heterocycles. The minimum Gasteiger partial charge on any atom is -0.352 e. The van der Waals surface area contributed by atoms with E-state index in [-0.39, 0.29) is 29.1 Å². The number of amides is 1. The first-order valence-corrected chi connectivity index (χ1v) is 8.05. The molecule has 8 heteroatoms. The van der Waals surface area contributed by atoms with Crippen molar-refractivity contribution >= 4 is 27.3 Å². The molecule has 0 saturated heterocycles. The van der Waals surface area contributed by atoms with Gasteiger partial charge in [-0.15, -0.1) is 0 Å². The summed E-state index contributed by atoms with van der Waals surface area (Å²) in [6.45, 7) is 4.90. The van der Waals surface area contributed by atoms with Gasteiger partial charge in [-0.25, -0.2) is 8.42 Å². The van der Waals surface area contributed by atoms with E-state index in [4.69, 9.17) is 16.1 Å². The van der Waals surface area contributed by atoms with Crippen molar-refractivity contribution in [2.24, 2.45) is 0 Å². The average Bonchev–Trinajstić information content (AvgIpc) is 2.60. The Morgan fingerprint density at radius 2 is 2.16 bits per heavy atom. The highest BCUT2D eigenvalue weighted by Crippen LogP contribution is 2.19. The quantitative estimate of drug-likeness (QED) is 0.850. The maximum atomic E-state index is 11.8. The van der Waals surface area contributed by atoms with Crippen LogP contribution in [0.3, 0.4) is 0 Å². The normalized spacial score (nSPS) is 13.3. The molecule has 108 valence electrons. The molecular formula is C11H17ClN2O4S. The molecule has 1 atom stereocenters. The summed E-state index contributed by atoms with van der Waals surface area (Å²) >= 11 is 5.75. The molecule has 1 unspecified atom stereocenters. The summed E-state index contributed by atoms with van der Waals surface area (Å²) in [7, 11) is -3.11. The van der Waals surface area contributed by atoms with Crippen LogP contribution in [0.15, 0.2) is 4.52 Å². The summed E-state index contributed by atoms with van der Waals surface area (Å²) < 4.78 is 27.6. The molecule has 1 N–H and O–H groups in total. The van der Waals surface area contributed by atoms with Crippen LogP contribution in [-0.4, -0.2) is 37.0 Å². The molecule has 19 heavy (non-hydrogen) atoms. The van der Waals surface area contributed by atoms with Crippen molar-refractivity contribution in [2.45, 2.75) is 33.2 Å². The fourth-order valence-corrected chi connectivity index (χ4v) is 2.90. The molecule has 0 radical (unpaired) electrons. The number of nitrogens with zero attached hydrogens (tertiary/aromatic N) is 1. The molecular weight excluding hydrogens is 292 g/mol. The molecule has 1 rings (SSSR count). The molecule has 0 fully saturated rings. The van der Waals surface area contributed by atoms with Gasteiger partial charge < -0.3 is 9.84 Å². The lowest BCUT2D eigenvalue weighted by Gasteiger charge is -2.13. The first-order chi connectivity index (χ1) is 8.75. The number of halogens is 1. The number of aromatic nitrogens is 1. The molecule has 0 bridgehead atoms. The molecule has 0 spiro atoms. The van der Waals surface area contributed by atoms with Crippen LogP contribution in [-0.2, 0) is 21.1 Å². The third-order valence-corrected chi connectivity index (χ3v) is 4.81. The molecule has 0 aromatic carbocycles. The molecule has 1 heterocycles. The monoisotopic (exact) mass is 308 g/mol.